The van der Waals surface area contributed by atoms with Gasteiger partial charge in [0.05, 0.1) is 5.75 Å². The SMILES string of the molecule is CCCc1nc(SCC(=O)Nc2ccc(C)cc2)n[nH]1. The molecular formula is C14H18N4OS. The fraction of sp³-hybridized carbons (Fsp3) is 0.357. The van der Waals surface area contributed by atoms with Crippen LogP contribution in [0, 0.1) is 6.92 Å². The zero-order valence-electron chi connectivity index (χ0n) is 11.6. The summed E-state index contributed by atoms with van der Waals surface area (Å²) in [6.45, 7) is 4.10. The number of H-pyrrole nitrogens is 1. The Morgan fingerprint density at radius 3 is 2.80 bits per heavy atom. The number of aryl methyl sites for hydroxylation is 2. The highest BCUT2D eigenvalue weighted by Crippen LogP contribution is 2.14. The van der Waals surface area contributed by atoms with E-state index in [9.17, 15) is 4.79 Å². The third kappa shape index (κ3) is 4.38. The van der Waals surface area contributed by atoms with Crippen molar-refractivity contribution in [2.75, 3.05) is 11.1 Å². The summed E-state index contributed by atoms with van der Waals surface area (Å²) in [7, 11) is 0. The number of hydrogen-bond donors (Lipinski definition) is 2. The average Bonchev–Trinajstić information content (AvgIpc) is 2.87. The third-order valence-corrected chi connectivity index (χ3v) is 3.51. The van der Waals surface area contributed by atoms with Gasteiger partial charge in [-0.15, -0.1) is 5.10 Å². The molecule has 1 heterocycles. The van der Waals surface area contributed by atoms with Gasteiger partial charge >= 0.3 is 0 Å². The van der Waals surface area contributed by atoms with Crippen LogP contribution in [0.3, 0.4) is 0 Å². The minimum absolute atomic E-state index is 0.0549. The van der Waals surface area contributed by atoms with E-state index in [4.69, 9.17) is 0 Å². The van der Waals surface area contributed by atoms with E-state index in [0.717, 1.165) is 24.4 Å². The fourth-order valence-electron chi connectivity index (χ4n) is 1.66. The predicted octanol–water partition coefficient (Wildman–Crippen LogP) is 2.80. The third-order valence-electron chi connectivity index (χ3n) is 2.67. The summed E-state index contributed by atoms with van der Waals surface area (Å²) in [6, 6.07) is 7.72. The van der Waals surface area contributed by atoms with Gasteiger partial charge in [0.15, 0.2) is 0 Å². The van der Waals surface area contributed by atoms with Crippen molar-refractivity contribution >= 4 is 23.4 Å². The maximum absolute atomic E-state index is 11.8. The van der Waals surface area contributed by atoms with Crippen LogP contribution in [0.2, 0.25) is 0 Å². The number of aromatic nitrogens is 3. The van der Waals surface area contributed by atoms with E-state index in [1.807, 2.05) is 31.2 Å². The molecule has 1 amide bonds. The van der Waals surface area contributed by atoms with E-state index in [0.29, 0.717) is 10.9 Å². The van der Waals surface area contributed by atoms with E-state index >= 15 is 0 Å². The number of benzene rings is 1. The topological polar surface area (TPSA) is 70.7 Å². The molecule has 0 aliphatic heterocycles. The van der Waals surface area contributed by atoms with E-state index in [1.165, 1.54) is 17.3 Å². The van der Waals surface area contributed by atoms with Crippen LogP contribution in [-0.4, -0.2) is 26.8 Å². The first kappa shape index (κ1) is 14.6. The Morgan fingerprint density at radius 2 is 2.10 bits per heavy atom. The molecule has 6 heteroatoms. The number of anilines is 1. The molecule has 0 bridgehead atoms. The van der Waals surface area contributed by atoms with Crippen LogP contribution in [-0.2, 0) is 11.2 Å². The van der Waals surface area contributed by atoms with E-state index < -0.39 is 0 Å². The Kier molecular flexibility index (Phi) is 5.17. The van der Waals surface area contributed by atoms with Crippen LogP contribution in [0.4, 0.5) is 5.69 Å². The Balaban J connectivity index is 1.80. The lowest BCUT2D eigenvalue weighted by Crippen LogP contribution is -2.14. The van der Waals surface area contributed by atoms with Gasteiger partial charge in [0.1, 0.15) is 5.82 Å². The summed E-state index contributed by atoms with van der Waals surface area (Å²) < 4.78 is 0. The minimum Gasteiger partial charge on any atom is -0.325 e. The lowest BCUT2D eigenvalue weighted by molar-refractivity contribution is -0.113. The number of nitrogens with zero attached hydrogens (tertiary/aromatic N) is 2. The summed E-state index contributed by atoms with van der Waals surface area (Å²) >= 11 is 1.33. The molecule has 0 radical (unpaired) electrons. The van der Waals surface area contributed by atoms with Crippen molar-refractivity contribution in [2.45, 2.75) is 31.8 Å². The van der Waals surface area contributed by atoms with Crippen LogP contribution in [0.5, 0.6) is 0 Å². The quantitative estimate of drug-likeness (QED) is 0.803. The molecule has 1 aromatic carbocycles. The lowest BCUT2D eigenvalue weighted by atomic mass is 10.2. The standard InChI is InChI=1S/C14H18N4OS/c1-3-4-12-16-14(18-17-12)20-9-13(19)15-11-7-5-10(2)6-8-11/h5-8H,3-4,9H2,1-2H3,(H,15,19)(H,16,17,18). The first-order valence-electron chi connectivity index (χ1n) is 6.58. The first-order chi connectivity index (χ1) is 9.67. The molecule has 0 spiro atoms. The molecule has 106 valence electrons. The number of hydrogen-bond acceptors (Lipinski definition) is 4. The number of aromatic amines is 1. The monoisotopic (exact) mass is 290 g/mol. The van der Waals surface area contributed by atoms with Gasteiger partial charge in [-0.05, 0) is 25.5 Å². The highest BCUT2D eigenvalue weighted by molar-refractivity contribution is 7.99. The van der Waals surface area contributed by atoms with Gasteiger partial charge in [-0.3, -0.25) is 9.89 Å². The average molecular weight is 290 g/mol. The van der Waals surface area contributed by atoms with Gasteiger partial charge in [0.25, 0.3) is 0 Å². The Morgan fingerprint density at radius 1 is 1.35 bits per heavy atom. The zero-order valence-corrected chi connectivity index (χ0v) is 12.5. The van der Waals surface area contributed by atoms with Crippen molar-refractivity contribution in [3.63, 3.8) is 0 Å². The predicted molar refractivity (Wildman–Crippen MR) is 80.9 cm³/mol. The number of carbonyl (C=O) groups is 1. The number of carbonyl (C=O) groups excluding carboxylic acids is 1. The van der Waals surface area contributed by atoms with E-state index in [1.54, 1.807) is 0 Å². The van der Waals surface area contributed by atoms with Gasteiger partial charge < -0.3 is 5.32 Å². The van der Waals surface area contributed by atoms with Crippen molar-refractivity contribution in [1.82, 2.24) is 15.2 Å². The second kappa shape index (κ2) is 7.09. The molecular weight excluding hydrogens is 272 g/mol. The number of nitrogens with one attached hydrogen (secondary N) is 2. The molecule has 2 N–H and O–H groups in total. The molecule has 1 aromatic heterocycles. The van der Waals surface area contributed by atoms with Gasteiger partial charge in [0.2, 0.25) is 11.1 Å². The fourth-order valence-corrected chi connectivity index (χ4v) is 2.27. The van der Waals surface area contributed by atoms with Crippen molar-refractivity contribution in [2.24, 2.45) is 0 Å². The van der Waals surface area contributed by atoms with E-state index in [-0.39, 0.29) is 5.91 Å². The normalized spacial score (nSPS) is 10.5. The molecule has 20 heavy (non-hydrogen) atoms. The maximum Gasteiger partial charge on any atom is 0.234 e. The van der Waals surface area contributed by atoms with Gasteiger partial charge in [-0.1, -0.05) is 36.4 Å². The zero-order chi connectivity index (χ0) is 14.4. The summed E-state index contributed by atoms with van der Waals surface area (Å²) in [5.74, 6) is 1.12. The van der Waals surface area contributed by atoms with Gasteiger partial charge in [0, 0.05) is 12.1 Å². The molecule has 0 saturated heterocycles. The van der Waals surface area contributed by atoms with Crippen molar-refractivity contribution in [3.8, 4) is 0 Å². The first-order valence-corrected chi connectivity index (χ1v) is 7.56. The smallest absolute Gasteiger partial charge is 0.234 e. The number of thioether (sulfide) groups is 1. The highest BCUT2D eigenvalue weighted by Gasteiger charge is 2.07. The summed E-state index contributed by atoms with van der Waals surface area (Å²) in [5, 5.41) is 10.4. The molecule has 2 rings (SSSR count). The van der Waals surface area contributed by atoms with Gasteiger partial charge in [-0.2, -0.15) is 0 Å². The Hall–Kier alpha value is -1.82. The molecule has 0 aliphatic rings. The highest BCUT2D eigenvalue weighted by atomic mass is 32.2. The Labute approximate surface area is 122 Å². The van der Waals surface area contributed by atoms with Crippen LogP contribution < -0.4 is 5.32 Å². The van der Waals surface area contributed by atoms with Crippen LogP contribution in [0.1, 0.15) is 24.7 Å². The summed E-state index contributed by atoms with van der Waals surface area (Å²) in [5.41, 5.74) is 1.98. The molecule has 0 fully saturated rings. The van der Waals surface area contributed by atoms with Crippen LogP contribution >= 0.6 is 11.8 Å². The van der Waals surface area contributed by atoms with Crippen LogP contribution in [0.25, 0.3) is 0 Å². The molecule has 0 saturated carbocycles. The number of rotatable bonds is 6. The molecule has 0 aliphatic carbocycles. The minimum atomic E-state index is -0.0549. The van der Waals surface area contributed by atoms with Gasteiger partial charge in [-0.25, -0.2) is 4.98 Å². The second-order valence-corrected chi connectivity index (χ2v) is 5.46. The summed E-state index contributed by atoms with van der Waals surface area (Å²) in [6.07, 6.45) is 1.90. The van der Waals surface area contributed by atoms with Crippen molar-refractivity contribution < 1.29 is 4.79 Å². The largest absolute Gasteiger partial charge is 0.325 e. The molecule has 2 aromatic rings. The molecule has 0 atom stereocenters. The number of amides is 1. The lowest BCUT2D eigenvalue weighted by Gasteiger charge is -2.04. The Bertz CT molecular complexity index is 565. The summed E-state index contributed by atoms with van der Waals surface area (Å²) in [4.78, 5) is 16.1. The molecule has 5 nitrogen and oxygen atoms in total. The maximum atomic E-state index is 11.8. The second-order valence-electron chi connectivity index (χ2n) is 4.52. The van der Waals surface area contributed by atoms with Crippen molar-refractivity contribution in [1.29, 1.82) is 0 Å². The van der Waals surface area contributed by atoms with Crippen molar-refractivity contribution in [3.05, 3.63) is 35.7 Å². The van der Waals surface area contributed by atoms with Crippen LogP contribution in [0.15, 0.2) is 29.4 Å². The molecule has 0 unspecified atom stereocenters. The van der Waals surface area contributed by atoms with E-state index in [2.05, 4.69) is 27.4 Å².